The van der Waals surface area contributed by atoms with Crippen LogP contribution in [0.4, 0.5) is 0 Å². The molecule has 27 heavy (non-hydrogen) atoms. The molecule has 0 N–H and O–H groups in total. The number of ether oxygens (including phenoxy) is 1. The highest BCUT2D eigenvalue weighted by atomic mass is 16.5. The van der Waals surface area contributed by atoms with Crippen LogP contribution < -0.4 is 16.0 Å². The van der Waals surface area contributed by atoms with Crippen molar-refractivity contribution < 1.29 is 4.74 Å². The van der Waals surface area contributed by atoms with Crippen molar-refractivity contribution in [1.29, 1.82) is 0 Å². The summed E-state index contributed by atoms with van der Waals surface area (Å²) >= 11 is 0. The van der Waals surface area contributed by atoms with E-state index in [1.54, 1.807) is 21.1 Å². The van der Waals surface area contributed by atoms with E-state index in [4.69, 9.17) is 4.74 Å². The Morgan fingerprint density at radius 1 is 1.07 bits per heavy atom. The predicted octanol–water partition coefficient (Wildman–Crippen LogP) is 1.78. The number of aryl methyl sites for hydroxylation is 2. The number of benzene rings is 1. The zero-order valence-electron chi connectivity index (χ0n) is 16.0. The van der Waals surface area contributed by atoms with Gasteiger partial charge < -0.3 is 4.74 Å². The Hall–Kier alpha value is -3.29. The van der Waals surface area contributed by atoms with Gasteiger partial charge in [-0.05, 0) is 45.0 Å². The van der Waals surface area contributed by atoms with Crippen molar-refractivity contribution >= 4 is 16.9 Å². The smallest absolute Gasteiger partial charge is 0.332 e. The average Bonchev–Trinajstić information content (AvgIpc) is 3.17. The first-order chi connectivity index (χ1) is 12.9. The summed E-state index contributed by atoms with van der Waals surface area (Å²) in [6.07, 6.45) is 0. The molecule has 0 bridgehead atoms. The van der Waals surface area contributed by atoms with Crippen LogP contribution in [-0.2, 0) is 13.6 Å². The maximum absolute atomic E-state index is 13.0. The fraction of sp³-hybridized carbons (Fsp3) is 0.316. The molecule has 0 fully saturated rings. The molecule has 3 heterocycles. The number of hydrogen-bond donors (Lipinski definition) is 0. The van der Waals surface area contributed by atoms with Crippen LogP contribution in [0, 0.1) is 13.8 Å². The van der Waals surface area contributed by atoms with Gasteiger partial charge in [0.05, 0.1) is 7.11 Å². The van der Waals surface area contributed by atoms with Crippen molar-refractivity contribution in [2.75, 3.05) is 7.11 Å². The fourth-order valence-corrected chi connectivity index (χ4v) is 3.57. The van der Waals surface area contributed by atoms with E-state index in [0.717, 1.165) is 22.8 Å². The van der Waals surface area contributed by atoms with Crippen molar-refractivity contribution in [3.63, 3.8) is 0 Å². The second-order valence-corrected chi connectivity index (χ2v) is 6.51. The van der Waals surface area contributed by atoms with Crippen LogP contribution >= 0.6 is 0 Å². The van der Waals surface area contributed by atoms with Gasteiger partial charge in [-0.15, -0.1) is 0 Å². The monoisotopic (exact) mass is 367 g/mol. The highest BCUT2D eigenvalue weighted by Gasteiger charge is 2.22. The molecule has 4 aromatic rings. The Kier molecular flexibility index (Phi) is 3.73. The lowest BCUT2D eigenvalue weighted by Crippen LogP contribution is -2.38. The van der Waals surface area contributed by atoms with E-state index < -0.39 is 0 Å². The number of aromatic nitrogens is 5. The molecule has 0 aliphatic carbocycles. The zero-order valence-corrected chi connectivity index (χ0v) is 16.0. The summed E-state index contributed by atoms with van der Waals surface area (Å²) in [5, 5.41) is 0. The molecule has 0 saturated carbocycles. The molecule has 0 aliphatic rings. The molecule has 4 rings (SSSR count). The molecular formula is C19H21N5O3. The van der Waals surface area contributed by atoms with Gasteiger partial charge in [-0.2, -0.15) is 4.98 Å². The number of nitrogens with zero attached hydrogens (tertiary/aromatic N) is 5. The van der Waals surface area contributed by atoms with Crippen molar-refractivity contribution in [3.05, 3.63) is 56.5 Å². The summed E-state index contributed by atoms with van der Waals surface area (Å²) in [4.78, 5) is 30.1. The van der Waals surface area contributed by atoms with E-state index in [1.165, 1.54) is 9.13 Å². The number of methoxy groups -OCH3 is 1. The Morgan fingerprint density at radius 3 is 2.33 bits per heavy atom. The van der Waals surface area contributed by atoms with Gasteiger partial charge in [-0.3, -0.25) is 22.9 Å². The van der Waals surface area contributed by atoms with E-state index in [0.29, 0.717) is 23.5 Å². The van der Waals surface area contributed by atoms with Crippen LogP contribution in [0.2, 0.25) is 0 Å². The van der Waals surface area contributed by atoms with Gasteiger partial charge in [0.15, 0.2) is 11.2 Å². The van der Waals surface area contributed by atoms with E-state index in [-0.39, 0.29) is 11.2 Å². The van der Waals surface area contributed by atoms with Crippen LogP contribution in [0.25, 0.3) is 22.6 Å². The molecule has 8 heteroatoms. The molecule has 0 spiro atoms. The highest BCUT2D eigenvalue weighted by molar-refractivity contribution is 5.77. The van der Waals surface area contributed by atoms with Gasteiger partial charge in [-0.25, -0.2) is 4.79 Å². The van der Waals surface area contributed by atoms with Crippen molar-refractivity contribution in [1.82, 2.24) is 23.1 Å². The quantitative estimate of drug-likeness (QED) is 0.553. The molecule has 0 atom stereocenters. The van der Waals surface area contributed by atoms with Crippen LogP contribution in [0.3, 0.4) is 0 Å². The largest absolute Gasteiger partial charge is 0.497 e. The minimum Gasteiger partial charge on any atom is -0.497 e. The Labute approximate surface area is 154 Å². The minimum absolute atomic E-state index is 0.311. The maximum atomic E-state index is 13.0. The predicted molar refractivity (Wildman–Crippen MR) is 103 cm³/mol. The molecule has 8 nitrogen and oxygen atoms in total. The average molecular weight is 367 g/mol. The van der Waals surface area contributed by atoms with Crippen molar-refractivity contribution in [2.45, 2.75) is 27.3 Å². The van der Waals surface area contributed by atoms with Gasteiger partial charge in [0, 0.05) is 30.7 Å². The lowest BCUT2D eigenvalue weighted by atomic mass is 10.3. The first-order valence-corrected chi connectivity index (χ1v) is 8.75. The standard InChI is InChI=1S/C19H21N5O3/c1-6-22-17(25)15-16(21(4)19(22)26)20-18-23(11(2)12(3)24(15)18)13-7-9-14(27-5)10-8-13/h7-10H,6H2,1-5H3. The lowest BCUT2D eigenvalue weighted by molar-refractivity contribution is 0.415. The van der Waals surface area contributed by atoms with Crippen LogP contribution in [-0.4, -0.2) is 30.2 Å². The topological polar surface area (TPSA) is 75.5 Å². The van der Waals surface area contributed by atoms with Gasteiger partial charge in [-0.1, -0.05) is 0 Å². The maximum Gasteiger partial charge on any atom is 0.332 e. The molecule has 0 radical (unpaired) electrons. The molecular weight excluding hydrogens is 346 g/mol. The number of imidazole rings is 2. The van der Waals surface area contributed by atoms with Crippen LogP contribution in [0.1, 0.15) is 18.3 Å². The number of hydrogen-bond acceptors (Lipinski definition) is 4. The summed E-state index contributed by atoms with van der Waals surface area (Å²) < 4.78 is 11.7. The van der Waals surface area contributed by atoms with E-state index in [2.05, 4.69) is 4.98 Å². The molecule has 0 unspecified atom stereocenters. The Bertz CT molecular complexity index is 1300. The van der Waals surface area contributed by atoms with Crippen LogP contribution in [0.5, 0.6) is 5.75 Å². The number of fused-ring (bicyclic) bond motifs is 3. The first kappa shape index (κ1) is 17.1. The summed E-state index contributed by atoms with van der Waals surface area (Å²) in [5.74, 6) is 1.36. The first-order valence-electron chi connectivity index (χ1n) is 8.75. The summed E-state index contributed by atoms with van der Waals surface area (Å²) in [6.45, 7) is 6.03. The zero-order chi connectivity index (χ0) is 19.5. The number of rotatable bonds is 3. The SMILES string of the molecule is CCn1c(=O)c2c(nc3n(-c4ccc(OC)cc4)c(C)c(C)n23)n(C)c1=O. The lowest BCUT2D eigenvalue weighted by Gasteiger charge is -2.08. The van der Waals surface area contributed by atoms with Crippen LogP contribution in [0.15, 0.2) is 33.9 Å². The van der Waals surface area contributed by atoms with E-state index in [1.807, 2.05) is 47.1 Å². The third kappa shape index (κ3) is 2.19. The molecule has 0 aliphatic heterocycles. The summed E-state index contributed by atoms with van der Waals surface area (Å²) in [6, 6.07) is 7.63. The fourth-order valence-electron chi connectivity index (χ4n) is 3.57. The van der Waals surface area contributed by atoms with Crippen molar-refractivity contribution in [3.8, 4) is 11.4 Å². The molecule has 0 amide bonds. The third-order valence-electron chi connectivity index (χ3n) is 5.17. The summed E-state index contributed by atoms with van der Waals surface area (Å²) in [5.41, 5.74) is 2.90. The molecule has 140 valence electrons. The van der Waals surface area contributed by atoms with Gasteiger partial charge >= 0.3 is 5.69 Å². The van der Waals surface area contributed by atoms with E-state index in [9.17, 15) is 9.59 Å². The molecule has 1 aromatic carbocycles. The van der Waals surface area contributed by atoms with Crippen molar-refractivity contribution in [2.24, 2.45) is 7.05 Å². The van der Waals surface area contributed by atoms with Gasteiger partial charge in [0.2, 0.25) is 5.78 Å². The Balaban J connectivity index is 2.17. The minimum atomic E-state index is -0.360. The molecule has 3 aromatic heterocycles. The van der Waals surface area contributed by atoms with Gasteiger partial charge in [0.25, 0.3) is 5.56 Å². The Morgan fingerprint density at radius 2 is 1.74 bits per heavy atom. The second kappa shape index (κ2) is 5.87. The highest BCUT2D eigenvalue weighted by Crippen LogP contribution is 2.25. The van der Waals surface area contributed by atoms with Gasteiger partial charge in [0.1, 0.15) is 5.75 Å². The second-order valence-electron chi connectivity index (χ2n) is 6.51. The molecule has 0 saturated heterocycles. The normalized spacial score (nSPS) is 11.6. The summed E-state index contributed by atoms with van der Waals surface area (Å²) in [7, 11) is 3.27. The van der Waals surface area contributed by atoms with E-state index >= 15 is 0 Å². The third-order valence-corrected chi connectivity index (χ3v) is 5.17.